The number of nitrogens with two attached hydrogens (primary N) is 1. The molecule has 5 heteroatoms. The number of hydrogen-bond donors (Lipinski definition) is 1. The van der Waals surface area contributed by atoms with Crippen molar-refractivity contribution in [2.75, 3.05) is 0 Å². The number of benzene rings is 2. The summed E-state index contributed by atoms with van der Waals surface area (Å²) in [4.78, 5) is 14.5. The van der Waals surface area contributed by atoms with Crippen LogP contribution in [-0.2, 0) is 13.2 Å². The van der Waals surface area contributed by atoms with E-state index in [9.17, 15) is 4.79 Å². The van der Waals surface area contributed by atoms with Crippen LogP contribution in [0, 0.1) is 0 Å². The first-order chi connectivity index (χ1) is 12.2. The van der Waals surface area contributed by atoms with Crippen molar-refractivity contribution in [3.05, 3.63) is 89.7 Å². The SMILES string of the molecule is NC(=O)c1[nH+]ccc(OCc2ccccc2)c1OCc1ccccc1. The highest BCUT2D eigenvalue weighted by Crippen LogP contribution is 2.29. The molecule has 126 valence electrons. The van der Waals surface area contributed by atoms with Crippen molar-refractivity contribution in [2.24, 2.45) is 5.73 Å². The number of aromatic nitrogens is 1. The van der Waals surface area contributed by atoms with Gasteiger partial charge in [0.05, 0.1) is 0 Å². The van der Waals surface area contributed by atoms with Crippen molar-refractivity contribution in [3.63, 3.8) is 0 Å². The number of pyridine rings is 1. The second-order valence-electron chi connectivity index (χ2n) is 5.46. The van der Waals surface area contributed by atoms with Crippen LogP contribution in [0.4, 0.5) is 0 Å². The Morgan fingerprint density at radius 2 is 1.40 bits per heavy atom. The molecular weight excluding hydrogens is 316 g/mol. The van der Waals surface area contributed by atoms with Crippen LogP contribution in [0.15, 0.2) is 72.9 Å². The summed E-state index contributed by atoms with van der Waals surface area (Å²) in [6, 6.07) is 21.2. The first-order valence-electron chi connectivity index (χ1n) is 7.92. The third-order valence-electron chi connectivity index (χ3n) is 3.62. The molecule has 0 spiro atoms. The van der Waals surface area contributed by atoms with Crippen molar-refractivity contribution in [1.29, 1.82) is 0 Å². The van der Waals surface area contributed by atoms with E-state index in [1.54, 1.807) is 12.3 Å². The average Bonchev–Trinajstić information content (AvgIpc) is 2.66. The highest BCUT2D eigenvalue weighted by atomic mass is 16.5. The van der Waals surface area contributed by atoms with Crippen LogP contribution in [0.1, 0.15) is 21.6 Å². The van der Waals surface area contributed by atoms with Gasteiger partial charge in [-0.25, -0.2) is 4.98 Å². The summed E-state index contributed by atoms with van der Waals surface area (Å²) in [6.45, 7) is 0.672. The first kappa shape index (κ1) is 16.5. The van der Waals surface area contributed by atoms with E-state index in [1.807, 2.05) is 60.7 Å². The van der Waals surface area contributed by atoms with E-state index in [0.29, 0.717) is 24.7 Å². The Morgan fingerprint density at radius 3 is 1.96 bits per heavy atom. The summed E-state index contributed by atoms with van der Waals surface area (Å²) in [5, 5.41) is 0. The summed E-state index contributed by atoms with van der Waals surface area (Å²) < 4.78 is 11.7. The van der Waals surface area contributed by atoms with E-state index < -0.39 is 5.91 Å². The van der Waals surface area contributed by atoms with Crippen molar-refractivity contribution in [2.45, 2.75) is 13.2 Å². The van der Waals surface area contributed by atoms with Gasteiger partial charge in [-0.05, 0) is 11.1 Å². The first-order valence-corrected chi connectivity index (χ1v) is 7.92. The second kappa shape index (κ2) is 7.97. The number of primary amides is 1. The molecule has 0 bridgehead atoms. The maximum absolute atomic E-state index is 11.7. The van der Waals surface area contributed by atoms with Crippen LogP contribution in [-0.4, -0.2) is 5.91 Å². The topological polar surface area (TPSA) is 75.7 Å². The molecule has 3 N–H and O–H groups in total. The Labute approximate surface area is 146 Å². The van der Waals surface area contributed by atoms with Crippen LogP contribution in [0.25, 0.3) is 0 Å². The fraction of sp³-hybridized carbons (Fsp3) is 0.100. The van der Waals surface area contributed by atoms with Crippen molar-refractivity contribution in [3.8, 4) is 11.5 Å². The van der Waals surface area contributed by atoms with Gasteiger partial charge in [-0.15, -0.1) is 0 Å². The number of rotatable bonds is 7. The Morgan fingerprint density at radius 1 is 0.840 bits per heavy atom. The fourth-order valence-electron chi connectivity index (χ4n) is 2.37. The molecule has 3 rings (SSSR count). The van der Waals surface area contributed by atoms with Gasteiger partial charge in [-0.2, -0.15) is 0 Å². The minimum atomic E-state index is -0.603. The van der Waals surface area contributed by atoms with E-state index in [4.69, 9.17) is 15.2 Å². The molecule has 0 aliphatic heterocycles. The standard InChI is InChI=1S/C20H18N2O3/c21-20(23)18-19(25-14-16-9-5-2-6-10-16)17(11-12-22-18)24-13-15-7-3-1-4-8-15/h1-12H,13-14H2,(H2,21,23)/p+1. The van der Waals surface area contributed by atoms with Crippen LogP contribution in [0.5, 0.6) is 11.5 Å². The summed E-state index contributed by atoms with van der Waals surface area (Å²) in [5.74, 6) is 0.176. The quantitative estimate of drug-likeness (QED) is 0.721. The fourth-order valence-corrected chi connectivity index (χ4v) is 2.37. The maximum Gasteiger partial charge on any atom is 0.317 e. The molecular formula is C20H19N2O3+. The summed E-state index contributed by atoms with van der Waals surface area (Å²) >= 11 is 0. The van der Waals surface area contributed by atoms with Gasteiger partial charge >= 0.3 is 11.6 Å². The lowest BCUT2D eigenvalue weighted by molar-refractivity contribution is -0.383. The third kappa shape index (κ3) is 4.35. The number of nitrogens with one attached hydrogen (secondary N) is 1. The number of aromatic amines is 1. The van der Waals surface area contributed by atoms with Gasteiger partial charge in [-0.3, -0.25) is 4.79 Å². The zero-order valence-electron chi connectivity index (χ0n) is 13.6. The van der Waals surface area contributed by atoms with Crippen LogP contribution in [0.2, 0.25) is 0 Å². The predicted octanol–water partition coefficient (Wildman–Crippen LogP) is 2.76. The number of ether oxygens (including phenoxy) is 2. The molecule has 2 aromatic carbocycles. The molecule has 0 saturated carbocycles. The van der Waals surface area contributed by atoms with Crippen molar-refractivity contribution < 1.29 is 19.3 Å². The lowest BCUT2D eigenvalue weighted by atomic mass is 10.2. The van der Waals surface area contributed by atoms with Crippen molar-refractivity contribution in [1.82, 2.24) is 0 Å². The summed E-state index contributed by atoms with van der Waals surface area (Å²) in [5.41, 5.74) is 7.64. The Balaban J connectivity index is 1.81. The lowest BCUT2D eigenvalue weighted by Gasteiger charge is -2.12. The number of hydrogen-bond acceptors (Lipinski definition) is 3. The number of amides is 1. The number of H-pyrrole nitrogens is 1. The third-order valence-corrected chi connectivity index (χ3v) is 3.62. The molecule has 1 amide bonds. The molecule has 1 heterocycles. The van der Waals surface area contributed by atoms with Crippen LogP contribution >= 0.6 is 0 Å². The maximum atomic E-state index is 11.7. The van der Waals surface area contributed by atoms with Crippen LogP contribution in [0.3, 0.4) is 0 Å². The molecule has 1 aromatic heterocycles. The lowest BCUT2D eigenvalue weighted by Crippen LogP contribution is -2.24. The molecule has 0 aliphatic rings. The molecule has 0 radical (unpaired) electrons. The minimum Gasteiger partial charge on any atom is -0.484 e. The van der Waals surface area contributed by atoms with Crippen molar-refractivity contribution >= 4 is 5.91 Å². The van der Waals surface area contributed by atoms with E-state index in [0.717, 1.165) is 11.1 Å². The Hall–Kier alpha value is -3.34. The van der Waals surface area contributed by atoms with E-state index in [1.165, 1.54) is 0 Å². The normalized spacial score (nSPS) is 10.2. The minimum absolute atomic E-state index is 0.182. The second-order valence-corrected chi connectivity index (χ2v) is 5.46. The zero-order chi connectivity index (χ0) is 17.5. The number of carbonyl (C=O) groups is 1. The highest BCUT2D eigenvalue weighted by Gasteiger charge is 2.23. The largest absolute Gasteiger partial charge is 0.484 e. The molecule has 0 saturated heterocycles. The predicted molar refractivity (Wildman–Crippen MR) is 93.1 cm³/mol. The van der Waals surface area contributed by atoms with Gasteiger partial charge < -0.3 is 15.2 Å². The highest BCUT2D eigenvalue weighted by molar-refractivity contribution is 5.92. The van der Waals surface area contributed by atoms with Gasteiger partial charge in [0, 0.05) is 6.07 Å². The van der Waals surface area contributed by atoms with Gasteiger partial charge in [0.1, 0.15) is 13.2 Å². The van der Waals surface area contributed by atoms with Gasteiger partial charge in [-0.1, -0.05) is 60.7 Å². The molecule has 25 heavy (non-hydrogen) atoms. The Kier molecular flexibility index (Phi) is 5.26. The van der Waals surface area contributed by atoms with Gasteiger partial charge in [0.2, 0.25) is 5.75 Å². The van der Waals surface area contributed by atoms with E-state index in [2.05, 4.69) is 4.98 Å². The number of carbonyl (C=O) groups excluding carboxylic acids is 1. The zero-order valence-corrected chi connectivity index (χ0v) is 13.6. The summed E-state index contributed by atoms with van der Waals surface area (Å²) in [6.07, 6.45) is 1.61. The molecule has 0 fully saturated rings. The van der Waals surface area contributed by atoms with E-state index in [-0.39, 0.29) is 5.69 Å². The smallest absolute Gasteiger partial charge is 0.317 e. The molecule has 0 aliphatic carbocycles. The Bertz CT molecular complexity index is 836. The molecule has 0 atom stereocenters. The molecule has 5 nitrogen and oxygen atoms in total. The monoisotopic (exact) mass is 335 g/mol. The summed E-state index contributed by atoms with van der Waals surface area (Å²) in [7, 11) is 0. The molecule has 3 aromatic rings. The van der Waals surface area contributed by atoms with Gasteiger partial charge in [0.25, 0.3) is 0 Å². The van der Waals surface area contributed by atoms with Gasteiger partial charge in [0.15, 0.2) is 11.9 Å². The van der Waals surface area contributed by atoms with E-state index >= 15 is 0 Å². The van der Waals surface area contributed by atoms with Crippen LogP contribution < -0.4 is 20.2 Å². The average molecular weight is 335 g/mol. The molecule has 0 unspecified atom stereocenters.